The van der Waals surface area contributed by atoms with Gasteiger partial charge in [-0.15, -0.1) is 0 Å². The van der Waals surface area contributed by atoms with Gasteiger partial charge in [0.1, 0.15) is 5.15 Å². The lowest BCUT2D eigenvalue weighted by molar-refractivity contribution is 0.280. The zero-order chi connectivity index (χ0) is 12.4. The lowest BCUT2D eigenvalue weighted by atomic mass is 10.1. The summed E-state index contributed by atoms with van der Waals surface area (Å²) in [6.45, 7) is 3.87. The monoisotopic (exact) mass is 252 g/mol. The maximum Gasteiger partial charge on any atom is 0.173 e. The van der Waals surface area contributed by atoms with E-state index in [2.05, 4.69) is 15.1 Å². The molecule has 0 spiro atoms. The Kier molecular flexibility index (Phi) is 3.40. The number of nitrogens with zero attached hydrogens (tertiary/aromatic N) is 4. The quantitative estimate of drug-likeness (QED) is 0.907. The number of halogens is 1. The molecule has 5 nitrogen and oxygen atoms in total. The molecule has 0 fully saturated rings. The minimum Gasteiger partial charge on any atom is -0.391 e. The molecule has 0 saturated heterocycles. The molecule has 2 rings (SSSR count). The smallest absolute Gasteiger partial charge is 0.173 e. The van der Waals surface area contributed by atoms with Gasteiger partial charge < -0.3 is 5.11 Å². The highest BCUT2D eigenvalue weighted by Gasteiger charge is 2.19. The van der Waals surface area contributed by atoms with Crippen LogP contribution < -0.4 is 0 Å². The van der Waals surface area contributed by atoms with Crippen molar-refractivity contribution in [3.8, 4) is 5.82 Å². The van der Waals surface area contributed by atoms with Crippen molar-refractivity contribution in [2.45, 2.75) is 26.4 Å². The van der Waals surface area contributed by atoms with Crippen LogP contribution in [0.15, 0.2) is 18.6 Å². The number of aromatic nitrogens is 4. The van der Waals surface area contributed by atoms with E-state index in [4.69, 9.17) is 11.6 Å². The molecule has 90 valence electrons. The van der Waals surface area contributed by atoms with Crippen molar-refractivity contribution < 1.29 is 5.11 Å². The molecular weight excluding hydrogens is 240 g/mol. The summed E-state index contributed by atoms with van der Waals surface area (Å²) in [5, 5.41) is 14.1. The Morgan fingerprint density at radius 2 is 2.18 bits per heavy atom. The Labute approximate surface area is 104 Å². The molecule has 6 heteroatoms. The zero-order valence-corrected chi connectivity index (χ0v) is 10.4. The molecule has 2 heterocycles. The zero-order valence-electron chi connectivity index (χ0n) is 9.63. The Balaban J connectivity index is 2.57. The molecule has 0 radical (unpaired) electrons. The van der Waals surface area contributed by atoms with E-state index in [9.17, 15) is 5.11 Å². The van der Waals surface area contributed by atoms with E-state index in [1.807, 2.05) is 13.8 Å². The van der Waals surface area contributed by atoms with E-state index < -0.39 is 0 Å². The Bertz CT molecular complexity index is 510. The van der Waals surface area contributed by atoms with Gasteiger partial charge in [0, 0.05) is 18.0 Å². The average molecular weight is 253 g/mol. The van der Waals surface area contributed by atoms with Gasteiger partial charge in [0.25, 0.3) is 0 Å². The Morgan fingerprint density at radius 1 is 1.41 bits per heavy atom. The molecule has 0 atom stereocenters. The first-order valence-electron chi connectivity index (χ1n) is 5.29. The van der Waals surface area contributed by atoms with E-state index >= 15 is 0 Å². The predicted octanol–water partition coefficient (Wildman–Crippen LogP) is 1.93. The van der Waals surface area contributed by atoms with Crippen LogP contribution in [0.25, 0.3) is 5.82 Å². The lowest BCUT2D eigenvalue weighted by Gasteiger charge is -2.01. The van der Waals surface area contributed by atoms with Gasteiger partial charge in [-0.1, -0.05) is 25.4 Å². The minimum absolute atomic E-state index is 0.132. The van der Waals surface area contributed by atoms with Gasteiger partial charge >= 0.3 is 0 Å². The Morgan fingerprint density at radius 3 is 2.65 bits per heavy atom. The van der Waals surface area contributed by atoms with Crippen LogP contribution in [-0.4, -0.2) is 24.9 Å². The molecule has 0 aliphatic heterocycles. The number of hydrogen-bond donors (Lipinski definition) is 1. The van der Waals surface area contributed by atoms with Crippen LogP contribution in [-0.2, 0) is 6.61 Å². The van der Waals surface area contributed by atoms with Gasteiger partial charge in [0.15, 0.2) is 5.82 Å². The van der Waals surface area contributed by atoms with Crippen molar-refractivity contribution >= 4 is 11.6 Å². The normalized spacial score (nSPS) is 11.1. The van der Waals surface area contributed by atoms with Crippen molar-refractivity contribution in [2.75, 3.05) is 0 Å². The predicted molar refractivity (Wildman–Crippen MR) is 64.2 cm³/mol. The maximum absolute atomic E-state index is 9.33. The third kappa shape index (κ3) is 2.16. The van der Waals surface area contributed by atoms with Crippen LogP contribution in [0.3, 0.4) is 0 Å². The largest absolute Gasteiger partial charge is 0.391 e. The summed E-state index contributed by atoms with van der Waals surface area (Å²) in [6, 6.07) is 0. The van der Waals surface area contributed by atoms with E-state index in [1.165, 1.54) is 4.68 Å². The third-order valence-electron chi connectivity index (χ3n) is 2.42. The van der Waals surface area contributed by atoms with Gasteiger partial charge in [0.05, 0.1) is 18.5 Å². The van der Waals surface area contributed by atoms with Crippen molar-refractivity contribution in [1.82, 2.24) is 19.7 Å². The first-order valence-corrected chi connectivity index (χ1v) is 5.67. The highest BCUT2D eigenvalue weighted by Crippen LogP contribution is 2.27. The van der Waals surface area contributed by atoms with Crippen molar-refractivity contribution in [1.29, 1.82) is 0 Å². The highest BCUT2D eigenvalue weighted by atomic mass is 35.5. The Hall–Kier alpha value is -1.46. The SMILES string of the molecule is CC(C)c1nn(-c2cnccn2)c(Cl)c1CO. The summed E-state index contributed by atoms with van der Waals surface area (Å²) in [7, 11) is 0. The summed E-state index contributed by atoms with van der Waals surface area (Å²) in [5.74, 6) is 0.728. The number of hydrogen-bond acceptors (Lipinski definition) is 4. The molecule has 0 aliphatic carbocycles. The standard InChI is InChI=1S/C11H13ClN4O/c1-7(2)10-8(6-17)11(12)16(15-10)9-5-13-3-4-14-9/h3-5,7,17H,6H2,1-2H3. The van der Waals surface area contributed by atoms with Crippen molar-refractivity contribution in [2.24, 2.45) is 0 Å². The van der Waals surface area contributed by atoms with Gasteiger partial charge in [-0.3, -0.25) is 4.98 Å². The van der Waals surface area contributed by atoms with E-state index in [-0.39, 0.29) is 12.5 Å². The van der Waals surface area contributed by atoms with Gasteiger partial charge in [-0.05, 0) is 5.92 Å². The molecule has 2 aromatic rings. The van der Waals surface area contributed by atoms with Crippen LogP contribution in [0.2, 0.25) is 5.15 Å². The van der Waals surface area contributed by atoms with Crippen molar-refractivity contribution in [3.05, 3.63) is 35.0 Å². The summed E-state index contributed by atoms with van der Waals surface area (Å²) in [5.41, 5.74) is 1.43. The molecule has 0 unspecified atom stereocenters. The first kappa shape index (κ1) is 12.0. The van der Waals surface area contributed by atoms with Crippen LogP contribution >= 0.6 is 11.6 Å². The lowest BCUT2D eigenvalue weighted by Crippen LogP contribution is -2.01. The molecule has 0 bridgehead atoms. The fourth-order valence-electron chi connectivity index (χ4n) is 1.61. The molecule has 0 aromatic carbocycles. The summed E-state index contributed by atoms with van der Waals surface area (Å²) >= 11 is 6.18. The second-order valence-corrected chi connectivity index (χ2v) is 4.30. The van der Waals surface area contributed by atoms with E-state index in [1.54, 1.807) is 18.6 Å². The maximum atomic E-state index is 9.33. The summed E-state index contributed by atoms with van der Waals surface area (Å²) in [4.78, 5) is 8.10. The molecular formula is C11H13ClN4O. The van der Waals surface area contributed by atoms with E-state index in [0.717, 1.165) is 5.69 Å². The van der Waals surface area contributed by atoms with Crippen LogP contribution in [0.1, 0.15) is 31.0 Å². The topological polar surface area (TPSA) is 63.8 Å². The number of aliphatic hydroxyl groups excluding tert-OH is 1. The van der Waals surface area contributed by atoms with Gasteiger partial charge in [-0.2, -0.15) is 5.10 Å². The number of rotatable bonds is 3. The van der Waals surface area contributed by atoms with E-state index in [0.29, 0.717) is 16.5 Å². The number of aliphatic hydroxyl groups is 1. The fourth-order valence-corrected chi connectivity index (χ4v) is 1.89. The second kappa shape index (κ2) is 4.81. The van der Waals surface area contributed by atoms with Crippen LogP contribution in [0, 0.1) is 0 Å². The molecule has 17 heavy (non-hydrogen) atoms. The molecule has 0 amide bonds. The average Bonchev–Trinajstić information content (AvgIpc) is 2.67. The minimum atomic E-state index is -0.132. The third-order valence-corrected chi connectivity index (χ3v) is 2.81. The van der Waals surface area contributed by atoms with Crippen molar-refractivity contribution in [3.63, 3.8) is 0 Å². The van der Waals surface area contributed by atoms with Crippen LogP contribution in [0.5, 0.6) is 0 Å². The summed E-state index contributed by atoms with van der Waals surface area (Å²) in [6.07, 6.45) is 4.72. The van der Waals surface area contributed by atoms with Gasteiger partial charge in [-0.25, -0.2) is 9.67 Å². The summed E-state index contributed by atoms with van der Waals surface area (Å²) < 4.78 is 1.50. The molecule has 0 aliphatic rings. The highest BCUT2D eigenvalue weighted by molar-refractivity contribution is 6.30. The van der Waals surface area contributed by atoms with Gasteiger partial charge in [0.2, 0.25) is 0 Å². The molecule has 2 aromatic heterocycles. The first-order chi connectivity index (χ1) is 8.15. The molecule has 1 N–H and O–H groups in total. The molecule has 0 saturated carbocycles. The second-order valence-electron chi connectivity index (χ2n) is 3.94. The van der Waals surface area contributed by atoms with Crippen LogP contribution in [0.4, 0.5) is 0 Å². The fraction of sp³-hybridized carbons (Fsp3) is 0.364.